The molecule has 3 heteroatoms. The van der Waals surface area contributed by atoms with Crippen molar-refractivity contribution >= 4 is 0 Å². The minimum absolute atomic E-state index is 0.110. The average Bonchev–Trinajstić information content (AvgIpc) is 3.07. The molecule has 0 atom stereocenters. The Morgan fingerprint density at radius 1 is 0.792 bits per heavy atom. The van der Waals surface area contributed by atoms with Crippen molar-refractivity contribution in [1.29, 1.82) is 0 Å². The van der Waals surface area contributed by atoms with E-state index in [4.69, 9.17) is 5.11 Å². The Morgan fingerprint density at radius 2 is 1.54 bits per heavy atom. The number of aromatic nitrogens is 1. The molecule has 0 bridgehead atoms. The van der Waals surface area contributed by atoms with Crippen LogP contribution >= 0.6 is 0 Å². The van der Waals surface area contributed by atoms with Crippen LogP contribution in [-0.4, -0.2) is 16.2 Å². The van der Waals surface area contributed by atoms with Crippen molar-refractivity contribution < 1.29 is 5.11 Å². The molecule has 0 radical (unpaired) electrons. The topological polar surface area (TPSA) is 37.2 Å². The summed E-state index contributed by atoms with van der Waals surface area (Å²) in [6, 6.07) is 20.8. The molecule has 2 aromatic carbocycles. The number of rotatable bonds is 8. The first-order chi connectivity index (χ1) is 11.8. The molecule has 0 unspecified atom stereocenters. The van der Waals surface area contributed by atoms with Gasteiger partial charge in [-0.1, -0.05) is 54.6 Å². The maximum Gasteiger partial charge on any atom is 0.0681 e. The minimum Gasteiger partial charge on any atom is -0.392 e. The molecule has 0 saturated heterocycles. The molecule has 1 aromatic heterocycles. The Morgan fingerprint density at radius 3 is 2.29 bits per heavy atom. The van der Waals surface area contributed by atoms with Crippen molar-refractivity contribution in [1.82, 2.24) is 9.88 Å². The largest absolute Gasteiger partial charge is 0.392 e. The molecule has 0 spiro atoms. The lowest BCUT2D eigenvalue weighted by molar-refractivity contribution is 0.282. The summed E-state index contributed by atoms with van der Waals surface area (Å²) in [5, 5.41) is 12.5. The van der Waals surface area contributed by atoms with Crippen LogP contribution in [0.4, 0.5) is 0 Å². The lowest BCUT2D eigenvalue weighted by Gasteiger charge is -2.05. The predicted octanol–water partition coefficient (Wildman–Crippen LogP) is 3.36. The molecule has 0 saturated carbocycles. The van der Waals surface area contributed by atoms with Crippen LogP contribution in [0.15, 0.2) is 73.1 Å². The van der Waals surface area contributed by atoms with Gasteiger partial charge in [0.15, 0.2) is 0 Å². The summed E-state index contributed by atoms with van der Waals surface area (Å²) in [5.41, 5.74) is 4.88. The highest BCUT2D eigenvalue weighted by Crippen LogP contribution is 2.07. The molecular weight excluding hydrogens is 296 g/mol. The van der Waals surface area contributed by atoms with Crippen molar-refractivity contribution in [2.24, 2.45) is 0 Å². The van der Waals surface area contributed by atoms with Crippen molar-refractivity contribution in [2.75, 3.05) is 6.54 Å². The van der Waals surface area contributed by atoms with Gasteiger partial charge in [-0.2, -0.15) is 0 Å². The quantitative estimate of drug-likeness (QED) is 0.625. The van der Waals surface area contributed by atoms with Crippen LogP contribution in [0.3, 0.4) is 0 Å². The summed E-state index contributed by atoms with van der Waals surface area (Å²) in [4.78, 5) is 0. The highest BCUT2D eigenvalue weighted by Gasteiger charge is 1.99. The van der Waals surface area contributed by atoms with E-state index in [-0.39, 0.29) is 6.61 Å². The minimum atomic E-state index is 0.110. The maximum atomic E-state index is 9.05. The zero-order valence-electron chi connectivity index (χ0n) is 13.9. The number of hydrogen-bond acceptors (Lipinski definition) is 2. The molecular formula is C21H24N2O. The lowest BCUT2D eigenvalue weighted by atomic mass is 10.1. The van der Waals surface area contributed by atoms with Gasteiger partial charge in [-0.25, -0.2) is 0 Å². The fourth-order valence-corrected chi connectivity index (χ4v) is 2.76. The van der Waals surface area contributed by atoms with Gasteiger partial charge in [0.1, 0.15) is 0 Å². The first-order valence-electron chi connectivity index (χ1n) is 8.41. The molecule has 3 rings (SSSR count). The predicted molar refractivity (Wildman–Crippen MR) is 97.8 cm³/mol. The van der Waals surface area contributed by atoms with Gasteiger partial charge in [0, 0.05) is 25.5 Å². The molecule has 1 heterocycles. The maximum absolute atomic E-state index is 9.05. The number of hydrogen-bond donors (Lipinski definition) is 2. The van der Waals surface area contributed by atoms with Gasteiger partial charge in [0.25, 0.3) is 0 Å². The molecule has 3 nitrogen and oxygen atoms in total. The van der Waals surface area contributed by atoms with Gasteiger partial charge in [0.2, 0.25) is 0 Å². The second-order valence-corrected chi connectivity index (χ2v) is 6.08. The van der Waals surface area contributed by atoms with E-state index >= 15 is 0 Å². The van der Waals surface area contributed by atoms with E-state index in [2.05, 4.69) is 64.7 Å². The number of nitrogens with one attached hydrogen (secondary N) is 1. The third kappa shape index (κ3) is 4.82. The van der Waals surface area contributed by atoms with E-state index in [0.29, 0.717) is 0 Å². The highest BCUT2D eigenvalue weighted by molar-refractivity contribution is 5.22. The molecule has 0 aliphatic rings. The average molecular weight is 320 g/mol. The standard InChI is InChI=1S/C21H24N2O/c24-17-20-8-6-18(7-9-20)10-12-22-14-21-11-13-23(16-21)15-19-4-2-1-3-5-19/h1-9,11,13,16,22,24H,10,12,14-15,17H2. The van der Waals surface area contributed by atoms with Crippen LogP contribution in [0.25, 0.3) is 0 Å². The second-order valence-electron chi connectivity index (χ2n) is 6.08. The molecule has 0 amide bonds. The fraction of sp³-hybridized carbons (Fsp3) is 0.238. The SMILES string of the molecule is OCc1ccc(CCNCc2ccn(Cc3ccccc3)c2)cc1. The van der Waals surface area contributed by atoms with Crippen LogP contribution in [0.5, 0.6) is 0 Å². The summed E-state index contributed by atoms with van der Waals surface area (Å²) in [6.45, 7) is 2.86. The van der Waals surface area contributed by atoms with E-state index < -0.39 is 0 Å². The van der Waals surface area contributed by atoms with E-state index in [1.807, 2.05) is 18.2 Å². The molecule has 0 aliphatic carbocycles. The normalized spacial score (nSPS) is 10.9. The van der Waals surface area contributed by atoms with Crippen molar-refractivity contribution in [3.63, 3.8) is 0 Å². The summed E-state index contributed by atoms with van der Waals surface area (Å²) >= 11 is 0. The monoisotopic (exact) mass is 320 g/mol. The van der Waals surface area contributed by atoms with Gasteiger partial charge in [0.05, 0.1) is 6.61 Å². The zero-order valence-corrected chi connectivity index (χ0v) is 13.9. The van der Waals surface area contributed by atoms with Crippen LogP contribution in [0.2, 0.25) is 0 Å². The van der Waals surface area contributed by atoms with Gasteiger partial charge in [-0.3, -0.25) is 0 Å². The number of aliphatic hydroxyl groups is 1. The Bertz CT molecular complexity index is 732. The molecule has 3 aromatic rings. The number of benzene rings is 2. The van der Waals surface area contributed by atoms with Gasteiger partial charge >= 0.3 is 0 Å². The third-order valence-electron chi connectivity index (χ3n) is 4.14. The number of aliphatic hydroxyl groups excluding tert-OH is 1. The number of nitrogens with zero attached hydrogens (tertiary/aromatic N) is 1. The first kappa shape index (κ1) is 16.5. The Balaban J connectivity index is 1.42. The van der Waals surface area contributed by atoms with Crippen LogP contribution in [0.1, 0.15) is 22.3 Å². The van der Waals surface area contributed by atoms with Crippen LogP contribution in [0, 0.1) is 0 Å². The Hall–Kier alpha value is -2.36. The van der Waals surface area contributed by atoms with Gasteiger partial charge < -0.3 is 15.0 Å². The van der Waals surface area contributed by atoms with E-state index in [1.165, 1.54) is 16.7 Å². The Kier molecular flexibility index (Phi) is 5.83. The first-order valence-corrected chi connectivity index (χ1v) is 8.41. The molecule has 0 fully saturated rings. The molecule has 2 N–H and O–H groups in total. The van der Waals surface area contributed by atoms with Crippen molar-refractivity contribution in [3.8, 4) is 0 Å². The highest BCUT2D eigenvalue weighted by atomic mass is 16.3. The van der Waals surface area contributed by atoms with Crippen LogP contribution < -0.4 is 5.32 Å². The van der Waals surface area contributed by atoms with Crippen LogP contribution in [-0.2, 0) is 26.1 Å². The Labute approximate surface area is 143 Å². The summed E-state index contributed by atoms with van der Waals surface area (Å²) < 4.78 is 2.22. The molecule has 24 heavy (non-hydrogen) atoms. The third-order valence-corrected chi connectivity index (χ3v) is 4.14. The van der Waals surface area contributed by atoms with E-state index in [0.717, 1.165) is 31.6 Å². The van der Waals surface area contributed by atoms with E-state index in [1.54, 1.807) is 0 Å². The van der Waals surface area contributed by atoms with Gasteiger partial charge in [-0.05, 0) is 41.3 Å². The summed E-state index contributed by atoms with van der Waals surface area (Å²) in [6.07, 6.45) is 5.34. The summed E-state index contributed by atoms with van der Waals surface area (Å²) in [7, 11) is 0. The zero-order chi connectivity index (χ0) is 16.6. The molecule has 0 aliphatic heterocycles. The van der Waals surface area contributed by atoms with Crippen molar-refractivity contribution in [2.45, 2.75) is 26.1 Å². The summed E-state index contributed by atoms with van der Waals surface area (Å²) in [5.74, 6) is 0. The second kappa shape index (κ2) is 8.48. The molecule has 124 valence electrons. The fourth-order valence-electron chi connectivity index (χ4n) is 2.76. The van der Waals surface area contributed by atoms with Crippen molar-refractivity contribution in [3.05, 3.63) is 95.3 Å². The van der Waals surface area contributed by atoms with E-state index in [9.17, 15) is 0 Å². The van der Waals surface area contributed by atoms with Gasteiger partial charge in [-0.15, -0.1) is 0 Å². The smallest absolute Gasteiger partial charge is 0.0681 e. The lowest BCUT2D eigenvalue weighted by Crippen LogP contribution is -2.16.